The minimum Gasteiger partial charge on any atom is -0.507 e. The van der Waals surface area contributed by atoms with Crippen LogP contribution < -0.4 is 0 Å². The zero-order valence-electron chi connectivity index (χ0n) is 18.1. The molecule has 1 radical (unpaired) electrons. The average Bonchev–Trinajstić information content (AvgIpc) is 2.68. The molecule has 0 heterocycles. The summed E-state index contributed by atoms with van der Waals surface area (Å²) in [7, 11) is 0. The predicted molar refractivity (Wildman–Crippen MR) is 119 cm³/mol. The van der Waals surface area contributed by atoms with Crippen LogP contribution in [-0.2, 0) is 6.42 Å². The summed E-state index contributed by atoms with van der Waals surface area (Å²) in [5.74, 6) is 0.337. The van der Waals surface area contributed by atoms with E-state index < -0.39 is 0 Å². The lowest BCUT2D eigenvalue weighted by Gasteiger charge is -2.05. The van der Waals surface area contributed by atoms with Crippen LogP contribution in [0.5, 0.6) is 5.75 Å². The molecule has 0 aromatic heterocycles. The van der Waals surface area contributed by atoms with E-state index in [-0.39, 0.29) is 0 Å². The van der Waals surface area contributed by atoms with Crippen LogP contribution in [0.25, 0.3) is 0 Å². The van der Waals surface area contributed by atoms with Gasteiger partial charge in [0.25, 0.3) is 0 Å². The first-order valence-electron chi connectivity index (χ1n) is 12.0. The molecule has 27 heavy (non-hydrogen) atoms. The van der Waals surface area contributed by atoms with Crippen molar-refractivity contribution in [1.29, 1.82) is 0 Å². The number of para-hydroxylation sites is 1. The molecule has 0 amide bonds. The molecule has 1 aromatic carbocycles. The first-order valence-corrected chi connectivity index (χ1v) is 12.0. The molecule has 0 aliphatic carbocycles. The summed E-state index contributed by atoms with van der Waals surface area (Å²) in [6.45, 7) is 2.29. The van der Waals surface area contributed by atoms with Crippen molar-refractivity contribution in [2.24, 2.45) is 0 Å². The first-order chi connectivity index (χ1) is 13.3. The van der Waals surface area contributed by atoms with Crippen LogP contribution in [0.3, 0.4) is 0 Å². The fourth-order valence-corrected chi connectivity index (χ4v) is 3.88. The number of hydrogen-bond acceptors (Lipinski definition) is 1. The van der Waals surface area contributed by atoms with E-state index in [9.17, 15) is 5.11 Å². The standard InChI is InChI=1S/C26H45O/c1-2-3-4-5-6-7-8-9-10-11-12-13-14-15-16-17-18-19-22-25-23-20-21-24-26(25)27/h20-21,23,27H,2-19,22H2,1H3. The first kappa shape index (κ1) is 24.1. The van der Waals surface area contributed by atoms with Gasteiger partial charge in [0.15, 0.2) is 0 Å². The van der Waals surface area contributed by atoms with Gasteiger partial charge in [0.1, 0.15) is 5.75 Å². The maximum atomic E-state index is 9.70. The zero-order valence-corrected chi connectivity index (χ0v) is 18.1. The molecule has 0 aliphatic heterocycles. The quantitative estimate of drug-likeness (QED) is 0.240. The lowest BCUT2D eigenvalue weighted by Crippen LogP contribution is -1.87. The van der Waals surface area contributed by atoms with Crippen molar-refractivity contribution in [3.63, 3.8) is 0 Å². The number of benzene rings is 1. The normalized spacial score (nSPS) is 11.1. The Morgan fingerprint density at radius 2 is 1.04 bits per heavy atom. The largest absolute Gasteiger partial charge is 0.507 e. The molecule has 0 aliphatic rings. The maximum absolute atomic E-state index is 9.70. The number of unbranched alkanes of at least 4 members (excludes halogenated alkanes) is 17. The molecule has 0 saturated carbocycles. The highest BCUT2D eigenvalue weighted by molar-refractivity contribution is 5.30. The van der Waals surface area contributed by atoms with Crippen LogP contribution >= 0.6 is 0 Å². The SMILES string of the molecule is CCCCCCCCCCCCCCCCCCCCc1ccc[c]c1O. The van der Waals surface area contributed by atoms with Crippen LogP contribution in [0, 0.1) is 6.07 Å². The third-order valence-corrected chi connectivity index (χ3v) is 5.72. The molecule has 0 spiro atoms. The summed E-state index contributed by atoms with van der Waals surface area (Å²) >= 11 is 0. The molecule has 0 fully saturated rings. The second-order valence-electron chi connectivity index (χ2n) is 8.30. The zero-order chi connectivity index (χ0) is 19.4. The van der Waals surface area contributed by atoms with E-state index >= 15 is 0 Å². The molecule has 1 heteroatoms. The van der Waals surface area contributed by atoms with Gasteiger partial charge in [0, 0.05) is 6.07 Å². The fourth-order valence-electron chi connectivity index (χ4n) is 3.88. The van der Waals surface area contributed by atoms with Crippen LogP contribution in [0.2, 0.25) is 0 Å². The van der Waals surface area contributed by atoms with Gasteiger partial charge < -0.3 is 5.11 Å². The van der Waals surface area contributed by atoms with Gasteiger partial charge in [-0.3, -0.25) is 0 Å². The van der Waals surface area contributed by atoms with Gasteiger partial charge in [-0.2, -0.15) is 0 Å². The van der Waals surface area contributed by atoms with Crippen LogP contribution in [0.4, 0.5) is 0 Å². The van der Waals surface area contributed by atoms with Crippen molar-refractivity contribution >= 4 is 0 Å². The molecule has 1 rings (SSSR count). The van der Waals surface area contributed by atoms with E-state index in [2.05, 4.69) is 13.0 Å². The molecule has 155 valence electrons. The van der Waals surface area contributed by atoms with Crippen molar-refractivity contribution in [2.45, 2.75) is 129 Å². The summed E-state index contributed by atoms with van der Waals surface area (Å²) in [6, 6.07) is 8.61. The van der Waals surface area contributed by atoms with E-state index in [1.807, 2.05) is 12.1 Å². The van der Waals surface area contributed by atoms with E-state index in [0.29, 0.717) is 5.75 Å². The van der Waals surface area contributed by atoms with Crippen molar-refractivity contribution < 1.29 is 5.11 Å². The third-order valence-electron chi connectivity index (χ3n) is 5.72. The second-order valence-corrected chi connectivity index (χ2v) is 8.30. The maximum Gasteiger partial charge on any atom is 0.126 e. The Labute approximate surface area is 170 Å². The van der Waals surface area contributed by atoms with E-state index in [1.165, 1.54) is 116 Å². The highest BCUT2D eigenvalue weighted by Crippen LogP contribution is 2.19. The lowest BCUT2D eigenvalue weighted by atomic mass is 10.0. The summed E-state index contributed by atoms with van der Waals surface area (Å²) in [6.07, 6.45) is 26.3. The van der Waals surface area contributed by atoms with Gasteiger partial charge in [0.05, 0.1) is 0 Å². The third kappa shape index (κ3) is 14.7. The van der Waals surface area contributed by atoms with Gasteiger partial charge in [0.2, 0.25) is 0 Å². The van der Waals surface area contributed by atoms with Crippen molar-refractivity contribution in [2.75, 3.05) is 0 Å². The minimum atomic E-state index is 0.337. The number of aryl methyl sites for hydroxylation is 1. The van der Waals surface area contributed by atoms with Gasteiger partial charge in [-0.1, -0.05) is 134 Å². The molecule has 1 aromatic rings. The second kappa shape index (κ2) is 18.4. The van der Waals surface area contributed by atoms with Crippen molar-refractivity contribution in [3.05, 3.63) is 29.8 Å². The Morgan fingerprint density at radius 1 is 0.630 bits per heavy atom. The molecule has 0 saturated heterocycles. The van der Waals surface area contributed by atoms with Gasteiger partial charge in [-0.05, 0) is 18.4 Å². The fraction of sp³-hybridized carbons (Fsp3) is 0.769. The smallest absolute Gasteiger partial charge is 0.126 e. The Balaban J connectivity index is 1.73. The van der Waals surface area contributed by atoms with E-state index in [0.717, 1.165) is 12.0 Å². The topological polar surface area (TPSA) is 20.2 Å². The van der Waals surface area contributed by atoms with Gasteiger partial charge >= 0.3 is 0 Å². The Morgan fingerprint density at radius 3 is 1.44 bits per heavy atom. The van der Waals surface area contributed by atoms with E-state index in [1.54, 1.807) is 6.07 Å². The summed E-state index contributed by atoms with van der Waals surface area (Å²) in [5.41, 5.74) is 1.05. The Bertz CT molecular complexity index is 426. The molecular weight excluding hydrogens is 328 g/mol. The Hall–Kier alpha value is -0.980. The van der Waals surface area contributed by atoms with E-state index in [4.69, 9.17) is 0 Å². The molecule has 0 bridgehead atoms. The monoisotopic (exact) mass is 373 g/mol. The molecule has 1 nitrogen and oxygen atoms in total. The van der Waals surface area contributed by atoms with Crippen LogP contribution in [0.15, 0.2) is 18.2 Å². The molecule has 0 unspecified atom stereocenters. The number of phenolic OH excluding ortho intramolecular Hbond substituents is 1. The van der Waals surface area contributed by atoms with Crippen LogP contribution in [0.1, 0.15) is 128 Å². The van der Waals surface area contributed by atoms with Gasteiger partial charge in [-0.15, -0.1) is 0 Å². The molecular formula is C26H45O. The van der Waals surface area contributed by atoms with Crippen molar-refractivity contribution in [3.8, 4) is 5.75 Å². The van der Waals surface area contributed by atoms with Crippen LogP contribution in [-0.4, -0.2) is 5.11 Å². The summed E-state index contributed by atoms with van der Waals surface area (Å²) < 4.78 is 0. The number of aromatic hydroxyl groups is 1. The van der Waals surface area contributed by atoms with Crippen molar-refractivity contribution in [1.82, 2.24) is 0 Å². The molecule has 0 atom stereocenters. The highest BCUT2D eigenvalue weighted by atomic mass is 16.3. The lowest BCUT2D eigenvalue weighted by molar-refractivity contribution is 0.464. The number of rotatable bonds is 19. The van der Waals surface area contributed by atoms with Gasteiger partial charge in [-0.25, -0.2) is 0 Å². The minimum absolute atomic E-state index is 0.337. The Kier molecular flexibility index (Phi) is 16.4. The summed E-state index contributed by atoms with van der Waals surface area (Å²) in [4.78, 5) is 0. The summed E-state index contributed by atoms with van der Waals surface area (Å²) in [5, 5.41) is 9.70. The molecule has 1 N–H and O–H groups in total. The highest BCUT2D eigenvalue weighted by Gasteiger charge is 1.99. The number of phenols is 1. The number of hydrogen-bond donors (Lipinski definition) is 1. The average molecular weight is 374 g/mol. The predicted octanol–water partition coefficient (Wildman–Crippen LogP) is 8.78.